The summed E-state index contributed by atoms with van der Waals surface area (Å²) in [6.45, 7) is 5.14. The Labute approximate surface area is 162 Å². The highest BCUT2D eigenvalue weighted by atomic mass is 16.5. The maximum atomic E-state index is 5.54. The van der Waals surface area contributed by atoms with Gasteiger partial charge in [-0.25, -0.2) is 0 Å². The fourth-order valence-corrected chi connectivity index (χ4v) is 3.57. The van der Waals surface area contributed by atoms with Crippen LogP contribution in [-0.4, -0.2) is 67.3 Å². The van der Waals surface area contributed by atoms with Crippen LogP contribution in [0.1, 0.15) is 17.3 Å². The lowest BCUT2D eigenvalue weighted by molar-refractivity contribution is 0.0169. The molecule has 0 saturated carbocycles. The largest absolute Gasteiger partial charge is 0.379 e. The van der Waals surface area contributed by atoms with E-state index in [1.807, 2.05) is 7.05 Å². The molecule has 0 bridgehead atoms. The summed E-state index contributed by atoms with van der Waals surface area (Å²) in [6, 6.07) is 15.2. The van der Waals surface area contributed by atoms with E-state index < -0.39 is 0 Å². The Hall–Kier alpha value is -2.31. The van der Waals surface area contributed by atoms with Crippen molar-refractivity contribution in [2.45, 2.75) is 12.6 Å². The number of rotatable bonds is 6. The summed E-state index contributed by atoms with van der Waals surface area (Å²) in [7, 11) is 5.99. The first-order valence-electron chi connectivity index (χ1n) is 9.57. The molecule has 1 aliphatic rings. The first kappa shape index (κ1) is 19.5. The van der Waals surface area contributed by atoms with E-state index in [0.717, 1.165) is 45.4 Å². The molecule has 0 amide bonds. The summed E-state index contributed by atoms with van der Waals surface area (Å²) >= 11 is 0. The van der Waals surface area contributed by atoms with Gasteiger partial charge in [0.1, 0.15) is 0 Å². The van der Waals surface area contributed by atoms with E-state index in [0.29, 0.717) is 6.04 Å². The number of aryl methyl sites for hydroxylation is 1. The predicted octanol–water partition coefficient (Wildman–Crippen LogP) is 2.11. The number of benzene rings is 1. The van der Waals surface area contributed by atoms with Crippen LogP contribution in [-0.2, 0) is 18.3 Å². The van der Waals surface area contributed by atoms with Crippen molar-refractivity contribution in [3.63, 3.8) is 0 Å². The Balaban J connectivity index is 1.66. The van der Waals surface area contributed by atoms with E-state index in [-0.39, 0.29) is 0 Å². The van der Waals surface area contributed by atoms with Gasteiger partial charge >= 0.3 is 0 Å². The van der Waals surface area contributed by atoms with Crippen molar-refractivity contribution in [3.05, 3.63) is 59.9 Å². The zero-order valence-corrected chi connectivity index (χ0v) is 16.6. The molecule has 27 heavy (non-hydrogen) atoms. The van der Waals surface area contributed by atoms with E-state index >= 15 is 0 Å². The summed E-state index contributed by atoms with van der Waals surface area (Å²) in [5, 5.41) is 3.58. The summed E-state index contributed by atoms with van der Waals surface area (Å²) in [4.78, 5) is 9.15. The number of aliphatic imine (C=N–C) groups is 1. The van der Waals surface area contributed by atoms with Crippen molar-refractivity contribution >= 4 is 5.96 Å². The molecule has 0 aliphatic carbocycles. The molecule has 1 aliphatic heterocycles. The summed E-state index contributed by atoms with van der Waals surface area (Å²) in [6.07, 6.45) is 2.07. The van der Waals surface area contributed by atoms with Gasteiger partial charge in [0.25, 0.3) is 0 Å². The summed E-state index contributed by atoms with van der Waals surface area (Å²) in [5.74, 6) is 0.908. The lowest BCUT2D eigenvalue weighted by Crippen LogP contribution is -2.46. The first-order chi connectivity index (χ1) is 13.2. The van der Waals surface area contributed by atoms with Gasteiger partial charge in [0.15, 0.2) is 5.96 Å². The molecule has 2 heterocycles. The molecule has 1 unspecified atom stereocenters. The van der Waals surface area contributed by atoms with Gasteiger partial charge in [0.2, 0.25) is 0 Å². The van der Waals surface area contributed by atoms with Gasteiger partial charge in [-0.1, -0.05) is 30.3 Å². The van der Waals surface area contributed by atoms with Crippen LogP contribution in [0.15, 0.2) is 53.7 Å². The van der Waals surface area contributed by atoms with Crippen LogP contribution in [0.5, 0.6) is 0 Å². The molecule has 1 fully saturated rings. The van der Waals surface area contributed by atoms with Crippen LogP contribution in [0.3, 0.4) is 0 Å². The molecule has 3 rings (SSSR count). The Morgan fingerprint density at radius 1 is 1.19 bits per heavy atom. The Morgan fingerprint density at radius 3 is 2.56 bits per heavy atom. The van der Waals surface area contributed by atoms with Gasteiger partial charge in [0, 0.05) is 52.7 Å². The second-order valence-electron chi connectivity index (χ2n) is 6.97. The van der Waals surface area contributed by atoms with Crippen LogP contribution in [0.25, 0.3) is 0 Å². The van der Waals surface area contributed by atoms with Crippen molar-refractivity contribution in [2.24, 2.45) is 12.0 Å². The van der Waals surface area contributed by atoms with E-state index in [1.165, 1.54) is 11.3 Å². The van der Waals surface area contributed by atoms with Gasteiger partial charge in [0.05, 0.1) is 25.8 Å². The summed E-state index contributed by atoms with van der Waals surface area (Å²) in [5.41, 5.74) is 2.58. The van der Waals surface area contributed by atoms with Crippen LogP contribution in [0.2, 0.25) is 0 Å². The maximum absolute atomic E-state index is 5.54. The van der Waals surface area contributed by atoms with Gasteiger partial charge in [-0.3, -0.25) is 9.89 Å². The molecule has 1 atom stereocenters. The molecule has 1 saturated heterocycles. The molecule has 0 spiro atoms. The molecule has 6 heteroatoms. The van der Waals surface area contributed by atoms with Crippen LogP contribution < -0.4 is 5.32 Å². The van der Waals surface area contributed by atoms with Gasteiger partial charge < -0.3 is 19.5 Å². The number of guanidine groups is 1. The van der Waals surface area contributed by atoms with Crippen molar-refractivity contribution in [1.29, 1.82) is 0 Å². The molecular formula is C21H31N5O. The van der Waals surface area contributed by atoms with E-state index in [1.54, 1.807) is 0 Å². The van der Waals surface area contributed by atoms with E-state index in [2.05, 4.69) is 87.4 Å². The Kier molecular flexibility index (Phi) is 6.90. The van der Waals surface area contributed by atoms with Crippen LogP contribution >= 0.6 is 0 Å². The average Bonchev–Trinajstić information content (AvgIpc) is 3.11. The number of nitrogens with one attached hydrogen (secondary N) is 1. The minimum atomic E-state index is 0.301. The number of morpholine rings is 1. The third kappa shape index (κ3) is 5.11. The zero-order chi connectivity index (χ0) is 19.1. The number of nitrogens with zero attached hydrogens (tertiary/aromatic N) is 4. The fraction of sp³-hybridized carbons (Fsp3) is 0.476. The molecule has 6 nitrogen and oxygen atoms in total. The van der Waals surface area contributed by atoms with Crippen molar-refractivity contribution < 1.29 is 4.74 Å². The van der Waals surface area contributed by atoms with Gasteiger partial charge in [-0.05, 0) is 17.7 Å². The minimum absolute atomic E-state index is 0.301. The normalized spacial score (nSPS) is 16.9. The third-order valence-electron chi connectivity index (χ3n) is 5.15. The third-order valence-corrected chi connectivity index (χ3v) is 5.15. The molecular weight excluding hydrogens is 338 g/mol. The highest BCUT2D eigenvalue weighted by molar-refractivity contribution is 5.79. The highest BCUT2D eigenvalue weighted by Gasteiger charge is 2.23. The fourth-order valence-electron chi connectivity index (χ4n) is 3.57. The average molecular weight is 370 g/mol. The number of hydrogen-bond donors (Lipinski definition) is 1. The Morgan fingerprint density at radius 2 is 1.93 bits per heavy atom. The lowest BCUT2D eigenvalue weighted by atomic mass is 10.0. The molecule has 1 aromatic carbocycles. The van der Waals surface area contributed by atoms with E-state index in [9.17, 15) is 0 Å². The monoisotopic (exact) mass is 369 g/mol. The molecule has 0 radical (unpaired) electrons. The van der Waals surface area contributed by atoms with Crippen LogP contribution in [0.4, 0.5) is 0 Å². The second-order valence-corrected chi connectivity index (χ2v) is 6.97. The quantitative estimate of drug-likeness (QED) is 0.626. The van der Waals surface area contributed by atoms with Crippen molar-refractivity contribution in [2.75, 3.05) is 46.9 Å². The predicted molar refractivity (Wildman–Crippen MR) is 110 cm³/mol. The number of hydrogen-bond acceptors (Lipinski definition) is 3. The number of aromatic nitrogens is 1. The zero-order valence-electron chi connectivity index (χ0n) is 16.6. The topological polar surface area (TPSA) is 45.0 Å². The first-order valence-corrected chi connectivity index (χ1v) is 9.57. The number of ether oxygens (including phenoxy) is 1. The standard InChI is InChI=1S/C21H31N5O/c1-22-21(25(3)17-19-10-7-11-24(19)2)23-16-20(18-8-5-4-6-9-18)26-12-14-27-15-13-26/h4-11,20H,12-17H2,1-3H3,(H,22,23). The Bertz CT molecular complexity index is 721. The second kappa shape index (κ2) is 9.58. The van der Waals surface area contributed by atoms with Crippen LogP contribution in [0, 0.1) is 0 Å². The molecule has 1 N–H and O–H groups in total. The minimum Gasteiger partial charge on any atom is -0.379 e. The van der Waals surface area contributed by atoms with E-state index in [4.69, 9.17) is 4.74 Å². The van der Waals surface area contributed by atoms with Gasteiger partial charge in [-0.2, -0.15) is 0 Å². The van der Waals surface area contributed by atoms with Gasteiger partial charge in [-0.15, -0.1) is 0 Å². The maximum Gasteiger partial charge on any atom is 0.193 e. The lowest BCUT2D eigenvalue weighted by Gasteiger charge is -2.35. The molecule has 1 aromatic heterocycles. The SMILES string of the molecule is CN=C(NCC(c1ccccc1)N1CCOCC1)N(C)Cc1cccn1C. The van der Waals surface area contributed by atoms with Crippen molar-refractivity contribution in [3.8, 4) is 0 Å². The smallest absolute Gasteiger partial charge is 0.193 e. The molecule has 146 valence electrons. The summed E-state index contributed by atoms with van der Waals surface area (Å²) < 4.78 is 7.69. The van der Waals surface area contributed by atoms with Crippen molar-refractivity contribution in [1.82, 2.24) is 19.7 Å². The molecule has 2 aromatic rings. The highest BCUT2D eigenvalue weighted by Crippen LogP contribution is 2.21.